The van der Waals surface area contributed by atoms with Crippen LogP contribution in [0.5, 0.6) is 0 Å². The largest absolute Gasteiger partial charge is 0.274 e. The van der Waals surface area contributed by atoms with Gasteiger partial charge in [-0.3, -0.25) is 5.41 Å². The number of nitrogens with one attached hydrogen (secondary N) is 1. The van der Waals surface area contributed by atoms with E-state index in [1.54, 1.807) is 0 Å². The summed E-state index contributed by atoms with van der Waals surface area (Å²) in [6.07, 6.45) is 0.833. The van der Waals surface area contributed by atoms with E-state index in [1.807, 2.05) is 0 Å². The Morgan fingerprint density at radius 2 is 2.20 bits per heavy atom. The fourth-order valence-electron chi connectivity index (χ4n) is 0. The van der Waals surface area contributed by atoms with E-state index in [1.165, 1.54) is 0 Å². The predicted molar refractivity (Wildman–Crippen MR) is 19.0 cm³/mol. The van der Waals surface area contributed by atoms with Crippen molar-refractivity contribution in [3.05, 3.63) is 12.7 Å². The normalized spacial score (nSPS) is 6.60. The van der Waals surface area contributed by atoms with Crippen LogP contribution in [0, 0.1) is 5.41 Å². The van der Waals surface area contributed by atoms with Crippen LogP contribution in [0.3, 0.4) is 0 Å². The number of halogens is 1. The fraction of sp³-hybridized carbons (Fsp3) is 0. The van der Waals surface area contributed by atoms with Gasteiger partial charge < -0.3 is 0 Å². The van der Waals surface area contributed by atoms with Gasteiger partial charge in [-0.1, -0.05) is 6.58 Å². The molecule has 0 aliphatic heterocycles. The first-order chi connectivity index (χ1) is 2.27. The molecular weight excluding hydrogens is 69.0 g/mol. The Hall–Kier alpha value is -0.660. The lowest BCUT2D eigenvalue weighted by atomic mass is 10.7. The predicted octanol–water partition coefficient (Wildman–Crippen LogP) is 1.12. The quantitative estimate of drug-likeness (QED) is 0.450. The van der Waals surface area contributed by atoms with Gasteiger partial charge in [-0.15, -0.1) is 0 Å². The maximum absolute atomic E-state index is 10.9. The van der Waals surface area contributed by atoms with Gasteiger partial charge in [-0.2, -0.15) is 4.39 Å². The van der Waals surface area contributed by atoms with Crippen molar-refractivity contribution in [1.29, 1.82) is 5.41 Å². The van der Waals surface area contributed by atoms with Crippen molar-refractivity contribution in [3.63, 3.8) is 0 Å². The standard InChI is InChI=1S/C3H4FN/c1-2-3(4)5/h2,5H,1H2. The number of rotatable bonds is 1. The van der Waals surface area contributed by atoms with Crippen molar-refractivity contribution in [2.24, 2.45) is 0 Å². The van der Waals surface area contributed by atoms with Gasteiger partial charge in [0.1, 0.15) is 0 Å². The summed E-state index contributed by atoms with van der Waals surface area (Å²) in [4.78, 5) is 0. The Morgan fingerprint density at radius 3 is 2.20 bits per heavy atom. The third-order valence-corrected chi connectivity index (χ3v) is 0.179. The highest BCUT2D eigenvalue weighted by atomic mass is 19.1. The molecule has 0 radical (unpaired) electrons. The molecule has 0 aromatic rings. The first-order valence-electron chi connectivity index (χ1n) is 1.14. The average Bonchev–Trinajstić information content (AvgIpc) is 1.38. The summed E-state index contributed by atoms with van der Waals surface area (Å²) in [6.45, 7) is 2.96. The van der Waals surface area contributed by atoms with E-state index < -0.39 is 5.97 Å². The van der Waals surface area contributed by atoms with E-state index >= 15 is 0 Å². The molecule has 0 aliphatic rings. The minimum Gasteiger partial charge on any atom is -0.274 e. The Bertz CT molecular complexity index is 57.9. The molecule has 0 unspecified atom stereocenters. The molecule has 0 atom stereocenters. The second-order valence-electron chi connectivity index (χ2n) is 0.552. The van der Waals surface area contributed by atoms with Crippen LogP contribution in [-0.4, -0.2) is 5.97 Å². The van der Waals surface area contributed by atoms with Crippen LogP contribution in [0.15, 0.2) is 12.7 Å². The van der Waals surface area contributed by atoms with Gasteiger partial charge in [0, 0.05) is 0 Å². The zero-order valence-corrected chi connectivity index (χ0v) is 2.66. The molecule has 2 heteroatoms. The Balaban J connectivity index is 3.20. The van der Waals surface area contributed by atoms with Gasteiger partial charge in [-0.05, 0) is 6.08 Å². The van der Waals surface area contributed by atoms with Crippen LogP contribution < -0.4 is 0 Å². The molecule has 0 saturated carbocycles. The van der Waals surface area contributed by atoms with Crippen LogP contribution in [0.25, 0.3) is 0 Å². The van der Waals surface area contributed by atoms with E-state index in [0.29, 0.717) is 0 Å². The summed E-state index contributed by atoms with van der Waals surface area (Å²) in [7, 11) is 0. The van der Waals surface area contributed by atoms with Crippen molar-refractivity contribution in [2.45, 2.75) is 0 Å². The van der Waals surface area contributed by atoms with Gasteiger partial charge in [0.15, 0.2) is 0 Å². The molecule has 5 heavy (non-hydrogen) atoms. The molecule has 0 saturated heterocycles. The van der Waals surface area contributed by atoms with Crippen LogP contribution in [-0.2, 0) is 0 Å². The maximum atomic E-state index is 10.9. The van der Waals surface area contributed by atoms with Crippen molar-refractivity contribution in [3.8, 4) is 0 Å². The molecule has 0 rings (SSSR count). The second kappa shape index (κ2) is 1.64. The molecule has 1 N–H and O–H groups in total. The number of hydrogen-bond donors (Lipinski definition) is 1. The van der Waals surface area contributed by atoms with Gasteiger partial charge in [-0.25, -0.2) is 0 Å². The number of allylic oxidation sites excluding steroid dienone is 1. The first kappa shape index (κ1) is 4.34. The highest BCUT2D eigenvalue weighted by Crippen LogP contribution is 1.68. The lowest BCUT2D eigenvalue weighted by Gasteiger charge is -1.63. The zero-order valence-electron chi connectivity index (χ0n) is 2.66. The molecule has 0 fully saturated rings. The SMILES string of the molecule is C=CC(=N)F. The smallest absolute Gasteiger partial charge is 0.204 e. The zero-order chi connectivity index (χ0) is 4.28. The Kier molecular flexibility index (Phi) is 1.42. The molecule has 0 aliphatic carbocycles. The molecular formula is C3H4FN. The molecule has 0 spiro atoms. The summed E-state index contributed by atoms with van der Waals surface area (Å²) in [6, 6.07) is 0. The Morgan fingerprint density at radius 1 is 2.00 bits per heavy atom. The molecule has 0 aromatic heterocycles. The minimum atomic E-state index is -0.981. The van der Waals surface area contributed by atoms with Gasteiger partial charge in [0.2, 0.25) is 5.97 Å². The highest BCUT2D eigenvalue weighted by Gasteiger charge is 1.69. The summed E-state index contributed by atoms with van der Waals surface area (Å²) >= 11 is 0. The van der Waals surface area contributed by atoms with Crippen LogP contribution in [0.4, 0.5) is 4.39 Å². The summed E-state index contributed by atoms with van der Waals surface area (Å²) < 4.78 is 10.9. The third-order valence-electron chi connectivity index (χ3n) is 0.179. The van der Waals surface area contributed by atoms with Crippen LogP contribution in [0.2, 0.25) is 0 Å². The van der Waals surface area contributed by atoms with E-state index in [2.05, 4.69) is 6.58 Å². The van der Waals surface area contributed by atoms with Gasteiger partial charge in [0.05, 0.1) is 0 Å². The van der Waals surface area contributed by atoms with Crippen LogP contribution >= 0.6 is 0 Å². The lowest BCUT2D eigenvalue weighted by molar-refractivity contribution is 0.804. The van der Waals surface area contributed by atoms with E-state index in [4.69, 9.17) is 5.41 Å². The van der Waals surface area contributed by atoms with Crippen molar-refractivity contribution in [1.82, 2.24) is 0 Å². The second-order valence-corrected chi connectivity index (χ2v) is 0.552. The maximum Gasteiger partial charge on any atom is 0.204 e. The molecule has 28 valence electrons. The van der Waals surface area contributed by atoms with Gasteiger partial charge in [0.25, 0.3) is 0 Å². The lowest BCUT2D eigenvalue weighted by Crippen LogP contribution is -1.68. The third kappa shape index (κ3) is 3.34. The van der Waals surface area contributed by atoms with Crippen molar-refractivity contribution < 1.29 is 4.39 Å². The molecule has 0 aromatic carbocycles. The van der Waals surface area contributed by atoms with Crippen LogP contribution in [0.1, 0.15) is 0 Å². The molecule has 1 nitrogen and oxygen atoms in total. The Labute approximate surface area is 29.6 Å². The van der Waals surface area contributed by atoms with Gasteiger partial charge >= 0.3 is 0 Å². The van der Waals surface area contributed by atoms with E-state index in [9.17, 15) is 4.39 Å². The molecule has 0 heterocycles. The molecule has 0 amide bonds. The van der Waals surface area contributed by atoms with Crippen molar-refractivity contribution in [2.75, 3.05) is 0 Å². The topological polar surface area (TPSA) is 23.9 Å². The number of hydrogen-bond acceptors (Lipinski definition) is 1. The monoisotopic (exact) mass is 73.0 g/mol. The average molecular weight is 73.1 g/mol. The van der Waals surface area contributed by atoms with Crippen molar-refractivity contribution >= 4 is 5.97 Å². The van der Waals surface area contributed by atoms with E-state index in [-0.39, 0.29) is 0 Å². The first-order valence-corrected chi connectivity index (χ1v) is 1.14. The fourth-order valence-corrected chi connectivity index (χ4v) is 0. The minimum absolute atomic E-state index is 0.833. The van der Waals surface area contributed by atoms with E-state index in [0.717, 1.165) is 6.08 Å². The highest BCUT2D eigenvalue weighted by molar-refractivity contribution is 5.82. The summed E-state index contributed by atoms with van der Waals surface area (Å²) in [5, 5.41) is 5.96. The summed E-state index contributed by atoms with van der Waals surface area (Å²) in [5.74, 6) is -0.981. The summed E-state index contributed by atoms with van der Waals surface area (Å²) in [5.41, 5.74) is 0. The molecule has 0 bridgehead atoms.